The molecule has 1 fully saturated rings. The Hall–Kier alpha value is -1.36. The highest BCUT2D eigenvalue weighted by Gasteiger charge is 2.19. The lowest BCUT2D eigenvalue weighted by molar-refractivity contribution is 0.0944. The van der Waals surface area contributed by atoms with Crippen LogP contribution in [0.4, 0.5) is 0 Å². The molecule has 0 aromatic carbocycles. The summed E-state index contributed by atoms with van der Waals surface area (Å²) < 4.78 is 4.58. The monoisotopic (exact) mass is 209 g/mol. The Morgan fingerprint density at radius 2 is 2.40 bits per heavy atom. The van der Waals surface area contributed by atoms with Gasteiger partial charge >= 0.3 is 0 Å². The van der Waals surface area contributed by atoms with Gasteiger partial charge in [0, 0.05) is 18.7 Å². The standard InChI is InChI=1S/C10H15N3O2/c14-10(9-4-7-15-13-9)12-6-1-5-11-8-2-3-8/h4,7-8,11H,1-3,5-6H2,(H,12,14). The number of aromatic nitrogens is 1. The molecule has 15 heavy (non-hydrogen) atoms. The number of carbonyl (C=O) groups excluding carboxylic acids is 1. The molecular weight excluding hydrogens is 194 g/mol. The number of carbonyl (C=O) groups is 1. The maximum Gasteiger partial charge on any atom is 0.273 e. The molecule has 5 nitrogen and oxygen atoms in total. The minimum Gasteiger partial charge on any atom is -0.364 e. The van der Waals surface area contributed by atoms with Crippen molar-refractivity contribution in [2.45, 2.75) is 25.3 Å². The van der Waals surface area contributed by atoms with Crippen LogP contribution >= 0.6 is 0 Å². The van der Waals surface area contributed by atoms with Crippen LogP contribution in [0.15, 0.2) is 16.9 Å². The molecule has 1 heterocycles. The molecule has 0 aliphatic heterocycles. The molecule has 0 radical (unpaired) electrons. The first-order valence-corrected chi connectivity index (χ1v) is 5.28. The van der Waals surface area contributed by atoms with Gasteiger partial charge in [0.15, 0.2) is 5.69 Å². The van der Waals surface area contributed by atoms with Crippen molar-refractivity contribution in [3.05, 3.63) is 18.0 Å². The number of amides is 1. The second kappa shape index (κ2) is 4.93. The van der Waals surface area contributed by atoms with Gasteiger partial charge in [-0.05, 0) is 25.8 Å². The maximum atomic E-state index is 11.4. The molecule has 1 aromatic rings. The van der Waals surface area contributed by atoms with Crippen molar-refractivity contribution in [2.24, 2.45) is 0 Å². The predicted octanol–water partition coefficient (Wildman–Crippen LogP) is 0.546. The Morgan fingerprint density at radius 1 is 1.53 bits per heavy atom. The number of nitrogens with one attached hydrogen (secondary N) is 2. The summed E-state index contributed by atoms with van der Waals surface area (Å²) in [6.45, 7) is 1.63. The lowest BCUT2D eigenvalue weighted by atomic mass is 10.3. The summed E-state index contributed by atoms with van der Waals surface area (Å²) in [6, 6.07) is 2.29. The number of hydrogen-bond donors (Lipinski definition) is 2. The molecule has 0 saturated heterocycles. The quantitative estimate of drug-likeness (QED) is 0.671. The molecule has 1 amide bonds. The summed E-state index contributed by atoms with van der Waals surface area (Å²) in [5.74, 6) is -0.171. The zero-order valence-corrected chi connectivity index (χ0v) is 8.53. The van der Waals surface area contributed by atoms with Crippen LogP contribution in [-0.4, -0.2) is 30.2 Å². The fraction of sp³-hybridized carbons (Fsp3) is 0.600. The Kier molecular flexibility index (Phi) is 3.34. The Labute approximate surface area is 88.2 Å². The molecule has 2 rings (SSSR count). The third kappa shape index (κ3) is 3.36. The van der Waals surface area contributed by atoms with E-state index in [1.165, 1.54) is 19.1 Å². The normalized spacial score (nSPS) is 15.2. The largest absolute Gasteiger partial charge is 0.364 e. The SMILES string of the molecule is O=C(NCCCNC1CC1)c1ccon1. The lowest BCUT2D eigenvalue weighted by Gasteiger charge is -2.03. The molecule has 0 unspecified atom stereocenters. The summed E-state index contributed by atoms with van der Waals surface area (Å²) >= 11 is 0. The highest BCUT2D eigenvalue weighted by atomic mass is 16.5. The first-order valence-electron chi connectivity index (χ1n) is 5.28. The highest BCUT2D eigenvalue weighted by Crippen LogP contribution is 2.18. The van der Waals surface area contributed by atoms with Gasteiger partial charge in [-0.2, -0.15) is 0 Å². The van der Waals surface area contributed by atoms with Gasteiger partial charge in [0.2, 0.25) is 0 Å². The summed E-state index contributed by atoms with van der Waals surface area (Å²) in [5, 5.41) is 9.71. The third-order valence-corrected chi connectivity index (χ3v) is 2.32. The van der Waals surface area contributed by atoms with Crippen molar-refractivity contribution in [2.75, 3.05) is 13.1 Å². The molecule has 1 aromatic heterocycles. The average Bonchev–Trinajstić information content (AvgIpc) is 2.90. The molecule has 2 N–H and O–H groups in total. The van der Waals surface area contributed by atoms with Crippen molar-refractivity contribution in [1.82, 2.24) is 15.8 Å². The van der Waals surface area contributed by atoms with E-state index in [-0.39, 0.29) is 5.91 Å². The van der Waals surface area contributed by atoms with Crippen molar-refractivity contribution >= 4 is 5.91 Å². The Morgan fingerprint density at radius 3 is 3.07 bits per heavy atom. The van der Waals surface area contributed by atoms with Crippen molar-refractivity contribution < 1.29 is 9.32 Å². The zero-order chi connectivity index (χ0) is 10.5. The van der Waals surface area contributed by atoms with Gasteiger partial charge in [-0.15, -0.1) is 0 Å². The number of nitrogens with zero attached hydrogens (tertiary/aromatic N) is 1. The summed E-state index contributed by atoms with van der Waals surface area (Å²) in [6.07, 6.45) is 4.93. The van der Waals surface area contributed by atoms with E-state index >= 15 is 0 Å². The highest BCUT2D eigenvalue weighted by molar-refractivity contribution is 5.91. The molecule has 82 valence electrons. The van der Waals surface area contributed by atoms with Crippen LogP contribution < -0.4 is 10.6 Å². The smallest absolute Gasteiger partial charge is 0.273 e. The Bertz CT molecular complexity index is 306. The van der Waals surface area contributed by atoms with E-state index in [2.05, 4.69) is 20.3 Å². The van der Waals surface area contributed by atoms with E-state index in [0.29, 0.717) is 12.2 Å². The molecule has 5 heteroatoms. The fourth-order valence-electron chi connectivity index (χ4n) is 1.30. The van der Waals surface area contributed by atoms with E-state index in [1.54, 1.807) is 6.07 Å². The number of hydrogen-bond acceptors (Lipinski definition) is 4. The molecule has 0 bridgehead atoms. The van der Waals surface area contributed by atoms with Crippen molar-refractivity contribution in [3.8, 4) is 0 Å². The Balaban J connectivity index is 1.55. The van der Waals surface area contributed by atoms with Crippen LogP contribution in [0.5, 0.6) is 0 Å². The minimum absolute atomic E-state index is 0.171. The topological polar surface area (TPSA) is 67.2 Å². The van der Waals surface area contributed by atoms with Crippen LogP contribution in [0.3, 0.4) is 0 Å². The molecular formula is C10H15N3O2. The van der Waals surface area contributed by atoms with E-state index < -0.39 is 0 Å². The van der Waals surface area contributed by atoms with Gasteiger partial charge in [-0.3, -0.25) is 4.79 Å². The van der Waals surface area contributed by atoms with E-state index in [4.69, 9.17) is 0 Å². The molecule has 1 aliphatic carbocycles. The fourth-order valence-corrected chi connectivity index (χ4v) is 1.30. The van der Waals surface area contributed by atoms with Crippen LogP contribution in [0.25, 0.3) is 0 Å². The van der Waals surface area contributed by atoms with Gasteiger partial charge in [0.05, 0.1) is 0 Å². The molecule has 0 spiro atoms. The van der Waals surface area contributed by atoms with E-state index in [9.17, 15) is 4.79 Å². The van der Waals surface area contributed by atoms with Crippen molar-refractivity contribution in [1.29, 1.82) is 0 Å². The van der Waals surface area contributed by atoms with Gasteiger partial charge in [-0.1, -0.05) is 5.16 Å². The lowest BCUT2D eigenvalue weighted by Crippen LogP contribution is -2.28. The van der Waals surface area contributed by atoms with Gasteiger partial charge in [0.25, 0.3) is 5.91 Å². The summed E-state index contributed by atoms with van der Waals surface area (Å²) in [5.41, 5.74) is 0.338. The first kappa shape index (κ1) is 10.2. The minimum atomic E-state index is -0.171. The summed E-state index contributed by atoms with van der Waals surface area (Å²) in [4.78, 5) is 11.4. The summed E-state index contributed by atoms with van der Waals surface area (Å²) in [7, 11) is 0. The zero-order valence-electron chi connectivity index (χ0n) is 8.53. The molecule has 1 saturated carbocycles. The van der Waals surface area contributed by atoms with Gasteiger partial charge in [-0.25, -0.2) is 0 Å². The molecule has 0 atom stereocenters. The van der Waals surface area contributed by atoms with Crippen LogP contribution in [-0.2, 0) is 0 Å². The van der Waals surface area contributed by atoms with E-state index in [0.717, 1.165) is 19.0 Å². The van der Waals surface area contributed by atoms with Crippen molar-refractivity contribution in [3.63, 3.8) is 0 Å². The van der Waals surface area contributed by atoms with Gasteiger partial charge in [0.1, 0.15) is 6.26 Å². The van der Waals surface area contributed by atoms with Gasteiger partial charge < -0.3 is 15.2 Å². The van der Waals surface area contributed by atoms with Crippen LogP contribution in [0, 0.1) is 0 Å². The third-order valence-electron chi connectivity index (χ3n) is 2.32. The second-order valence-corrected chi connectivity index (χ2v) is 3.72. The molecule has 1 aliphatic rings. The second-order valence-electron chi connectivity index (χ2n) is 3.72. The number of rotatable bonds is 6. The average molecular weight is 209 g/mol. The van der Waals surface area contributed by atoms with E-state index in [1.807, 2.05) is 0 Å². The van der Waals surface area contributed by atoms with Crippen LogP contribution in [0.2, 0.25) is 0 Å². The first-order chi connectivity index (χ1) is 7.36. The predicted molar refractivity (Wildman–Crippen MR) is 54.5 cm³/mol. The van der Waals surface area contributed by atoms with Crippen LogP contribution in [0.1, 0.15) is 29.8 Å². The maximum absolute atomic E-state index is 11.4.